The van der Waals surface area contributed by atoms with Crippen molar-refractivity contribution in [3.63, 3.8) is 0 Å². The van der Waals surface area contributed by atoms with Crippen LogP contribution in [0.25, 0.3) is 0 Å². The van der Waals surface area contributed by atoms with E-state index in [9.17, 15) is 4.79 Å². The second-order valence-electron chi connectivity index (χ2n) is 6.48. The summed E-state index contributed by atoms with van der Waals surface area (Å²) in [7, 11) is 1.75. The van der Waals surface area contributed by atoms with Gasteiger partial charge in [-0.15, -0.1) is 30.6 Å². The van der Waals surface area contributed by atoms with Gasteiger partial charge in [-0.05, 0) is 20.8 Å². The molecule has 8 heteroatoms. The average Bonchev–Trinajstić information content (AvgIpc) is 2.49. The van der Waals surface area contributed by atoms with E-state index in [1.807, 2.05) is 20.8 Å². The Kier molecular flexibility index (Phi) is 11.0. The van der Waals surface area contributed by atoms with E-state index in [2.05, 4.69) is 27.1 Å². The summed E-state index contributed by atoms with van der Waals surface area (Å²) in [5, 5.41) is 6.39. The van der Waals surface area contributed by atoms with Crippen LogP contribution in [0.4, 0.5) is 4.79 Å². The predicted octanol–water partition coefficient (Wildman–Crippen LogP) is 1.51. The molecule has 24 heavy (non-hydrogen) atoms. The Morgan fingerprint density at radius 2 is 1.88 bits per heavy atom. The molecule has 0 saturated carbocycles. The molecule has 0 aromatic carbocycles. The van der Waals surface area contributed by atoms with Gasteiger partial charge in [0.05, 0.1) is 0 Å². The lowest BCUT2D eigenvalue weighted by Crippen LogP contribution is -2.51. The normalized spacial score (nSPS) is 16.2. The van der Waals surface area contributed by atoms with Crippen LogP contribution in [0.2, 0.25) is 0 Å². The van der Waals surface area contributed by atoms with Gasteiger partial charge in [-0.2, -0.15) is 0 Å². The summed E-state index contributed by atoms with van der Waals surface area (Å²) in [5.74, 6) is 0.775. The summed E-state index contributed by atoms with van der Waals surface area (Å²) in [6, 6.07) is 0. The van der Waals surface area contributed by atoms with Gasteiger partial charge in [-0.3, -0.25) is 9.89 Å². The number of hydrogen-bond donors (Lipinski definition) is 2. The fourth-order valence-electron chi connectivity index (χ4n) is 2.20. The largest absolute Gasteiger partial charge is 0.444 e. The number of rotatable bonds is 5. The second kappa shape index (κ2) is 11.5. The molecule has 0 spiro atoms. The molecule has 0 aromatic rings. The van der Waals surface area contributed by atoms with Gasteiger partial charge in [0.1, 0.15) is 5.60 Å². The van der Waals surface area contributed by atoms with Crippen molar-refractivity contribution in [3.05, 3.63) is 12.7 Å². The third-order valence-electron chi connectivity index (χ3n) is 3.38. The number of amides is 1. The lowest BCUT2D eigenvalue weighted by Gasteiger charge is -2.35. The van der Waals surface area contributed by atoms with E-state index in [0.717, 1.165) is 32.1 Å². The molecule has 0 bridgehead atoms. The van der Waals surface area contributed by atoms with Gasteiger partial charge in [0.2, 0.25) is 0 Å². The smallest absolute Gasteiger partial charge is 0.410 e. The van der Waals surface area contributed by atoms with Gasteiger partial charge in [0.15, 0.2) is 5.96 Å². The molecule has 2 N–H and O–H groups in total. The van der Waals surface area contributed by atoms with Crippen LogP contribution >= 0.6 is 24.0 Å². The molecule has 1 heterocycles. The summed E-state index contributed by atoms with van der Waals surface area (Å²) >= 11 is 0. The fourth-order valence-corrected chi connectivity index (χ4v) is 2.20. The Balaban J connectivity index is 0.00000529. The maximum Gasteiger partial charge on any atom is 0.410 e. The third kappa shape index (κ3) is 9.31. The first kappa shape index (κ1) is 23.0. The van der Waals surface area contributed by atoms with Gasteiger partial charge in [-0.25, -0.2) is 4.79 Å². The van der Waals surface area contributed by atoms with Gasteiger partial charge < -0.3 is 20.3 Å². The third-order valence-corrected chi connectivity index (χ3v) is 3.38. The highest BCUT2D eigenvalue weighted by Gasteiger charge is 2.25. The Bertz CT molecular complexity index is 415. The van der Waals surface area contributed by atoms with E-state index in [-0.39, 0.29) is 30.1 Å². The van der Waals surface area contributed by atoms with Crippen molar-refractivity contribution in [2.75, 3.05) is 52.9 Å². The number of guanidine groups is 1. The summed E-state index contributed by atoms with van der Waals surface area (Å²) < 4.78 is 5.40. The number of aliphatic imine (C=N–C) groups is 1. The zero-order valence-electron chi connectivity index (χ0n) is 15.3. The lowest BCUT2D eigenvalue weighted by molar-refractivity contribution is 0.0147. The minimum absolute atomic E-state index is 0. The standard InChI is InChI=1S/C16H31N5O2.HI/c1-6-7-18-14(17-5)19-8-9-20-10-12-21(13-11-20)15(22)23-16(2,3)4;/h6H,1,7-13H2,2-5H3,(H2,17,18,19);1H. The number of carbonyl (C=O) groups is 1. The number of nitrogens with one attached hydrogen (secondary N) is 2. The molecule has 0 aromatic heterocycles. The summed E-state index contributed by atoms with van der Waals surface area (Å²) in [4.78, 5) is 20.2. The van der Waals surface area contributed by atoms with Crippen molar-refractivity contribution in [2.45, 2.75) is 26.4 Å². The Morgan fingerprint density at radius 3 is 2.38 bits per heavy atom. The van der Waals surface area contributed by atoms with E-state index in [1.165, 1.54) is 0 Å². The van der Waals surface area contributed by atoms with Gasteiger partial charge >= 0.3 is 6.09 Å². The molecule has 1 aliphatic rings. The molecule has 0 atom stereocenters. The number of carbonyl (C=O) groups excluding carboxylic acids is 1. The van der Waals surface area contributed by atoms with Crippen molar-refractivity contribution < 1.29 is 9.53 Å². The second-order valence-corrected chi connectivity index (χ2v) is 6.48. The average molecular weight is 453 g/mol. The van der Waals surface area contributed by atoms with Crippen LogP contribution in [0.3, 0.4) is 0 Å². The van der Waals surface area contributed by atoms with Gasteiger partial charge in [0.25, 0.3) is 0 Å². The molecule has 1 aliphatic heterocycles. The first-order valence-corrected chi connectivity index (χ1v) is 8.11. The summed E-state index contributed by atoms with van der Waals surface area (Å²) in [6.45, 7) is 14.9. The SMILES string of the molecule is C=CCNC(=NC)NCCN1CCN(C(=O)OC(C)(C)C)CC1.I. The number of piperazine rings is 1. The molecule has 7 nitrogen and oxygen atoms in total. The fraction of sp³-hybridized carbons (Fsp3) is 0.750. The molecular formula is C16H32IN5O2. The van der Waals surface area contributed by atoms with Crippen molar-refractivity contribution in [2.24, 2.45) is 4.99 Å². The van der Waals surface area contributed by atoms with E-state index >= 15 is 0 Å². The van der Waals surface area contributed by atoms with Crippen LogP contribution < -0.4 is 10.6 Å². The van der Waals surface area contributed by atoms with Crippen LogP contribution in [0.15, 0.2) is 17.6 Å². The molecule has 1 saturated heterocycles. The van der Waals surface area contributed by atoms with E-state index in [1.54, 1.807) is 18.0 Å². The van der Waals surface area contributed by atoms with Crippen molar-refractivity contribution in [3.8, 4) is 0 Å². The Labute approximate surface area is 162 Å². The first-order valence-electron chi connectivity index (χ1n) is 8.11. The highest BCUT2D eigenvalue weighted by Crippen LogP contribution is 2.11. The highest BCUT2D eigenvalue weighted by molar-refractivity contribution is 14.0. The van der Waals surface area contributed by atoms with E-state index < -0.39 is 5.60 Å². The minimum atomic E-state index is -0.438. The van der Waals surface area contributed by atoms with Crippen LogP contribution in [0.5, 0.6) is 0 Å². The van der Waals surface area contributed by atoms with E-state index in [4.69, 9.17) is 4.74 Å². The maximum atomic E-state index is 12.0. The number of hydrogen-bond acceptors (Lipinski definition) is 4. The summed E-state index contributed by atoms with van der Waals surface area (Å²) in [5.41, 5.74) is -0.438. The van der Waals surface area contributed by atoms with Crippen LogP contribution in [0, 0.1) is 0 Å². The predicted molar refractivity (Wildman–Crippen MR) is 109 cm³/mol. The van der Waals surface area contributed by atoms with Crippen molar-refractivity contribution in [1.82, 2.24) is 20.4 Å². The quantitative estimate of drug-likeness (QED) is 0.286. The number of nitrogens with zero attached hydrogens (tertiary/aromatic N) is 3. The first-order chi connectivity index (χ1) is 10.9. The van der Waals surface area contributed by atoms with Gasteiger partial charge in [0, 0.05) is 52.9 Å². The molecule has 1 fully saturated rings. The molecule has 0 aliphatic carbocycles. The zero-order valence-corrected chi connectivity index (χ0v) is 17.6. The minimum Gasteiger partial charge on any atom is -0.444 e. The highest BCUT2D eigenvalue weighted by atomic mass is 127. The van der Waals surface area contributed by atoms with Crippen LogP contribution in [0.1, 0.15) is 20.8 Å². The molecule has 1 rings (SSSR count). The molecule has 140 valence electrons. The maximum absolute atomic E-state index is 12.0. The topological polar surface area (TPSA) is 69.2 Å². The van der Waals surface area contributed by atoms with E-state index in [0.29, 0.717) is 19.6 Å². The monoisotopic (exact) mass is 453 g/mol. The van der Waals surface area contributed by atoms with Crippen molar-refractivity contribution in [1.29, 1.82) is 0 Å². The molecule has 0 radical (unpaired) electrons. The number of halogens is 1. The van der Waals surface area contributed by atoms with Crippen LogP contribution in [-0.2, 0) is 4.74 Å². The molecular weight excluding hydrogens is 421 g/mol. The summed E-state index contributed by atoms with van der Waals surface area (Å²) in [6.07, 6.45) is 1.58. The molecule has 0 unspecified atom stereocenters. The zero-order chi connectivity index (χ0) is 17.3. The number of ether oxygens (including phenoxy) is 1. The Morgan fingerprint density at radius 1 is 1.25 bits per heavy atom. The van der Waals surface area contributed by atoms with Crippen molar-refractivity contribution >= 4 is 36.0 Å². The lowest BCUT2D eigenvalue weighted by atomic mass is 10.2. The van der Waals surface area contributed by atoms with Crippen LogP contribution in [-0.4, -0.2) is 80.3 Å². The molecule has 1 amide bonds. The Hall–Kier alpha value is -1.03. The van der Waals surface area contributed by atoms with Gasteiger partial charge in [-0.1, -0.05) is 6.08 Å².